The highest BCUT2D eigenvalue weighted by Crippen LogP contribution is 2.11. The number of para-hydroxylation sites is 1. The summed E-state index contributed by atoms with van der Waals surface area (Å²) >= 11 is 0. The maximum atomic E-state index is 13.2. The van der Waals surface area contributed by atoms with E-state index >= 15 is 0 Å². The molecule has 0 saturated carbocycles. The molecule has 0 fully saturated rings. The summed E-state index contributed by atoms with van der Waals surface area (Å²) in [6.45, 7) is 2.59. The third kappa shape index (κ3) is 4.50. The number of amides is 1. The molecule has 4 aromatic rings. The van der Waals surface area contributed by atoms with Crippen molar-refractivity contribution in [1.29, 1.82) is 0 Å². The third-order valence-corrected chi connectivity index (χ3v) is 5.16. The van der Waals surface area contributed by atoms with E-state index in [1.54, 1.807) is 41.0 Å². The molecule has 0 spiro atoms. The normalized spacial score (nSPS) is 11.0. The van der Waals surface area contributed by atoms with Gasteiger partial charge in [-0.3, -0.25) is 18.7 Å². The smallest absolute Gasteiger partial charge is 0.331 e. The van der Waals surface area contributed by atoms with Crippen LogP contribution in [0.5, 0.6) is 0 Å². The van der Waals surface area contributed by atoms with Crippen LogP contribution in [0.3, 0.4) is 0 Å². The first kappa shape index (κ1) is 20.4. The molecule has 0 bridgehead atoms. The minimum absolute atomic E-state index is 0.000304. The van der Waals surface area contributed by atoms with Crippen molar-refractivity contribution in [3.8, 4) is 0 Å². The first-order chi connectivity index (χ1) is 15.0. The molecule has 0 unspecified atom stereocenters. The Morgan fingerprint density at radius 1 is 1.00 bits per heavy atom. The van der Waals surface area contributed by atoms with Crippen molar-refractivity contribution in [1.82, 2.24) is 14.5 Å². The lowest BCUT2D eigenvalue weighted by molar-refractivity contribution is -0.121. The molecule has 2 aromatic carbocycles. The van der Waals surface area contributed by atoms with Crippen LogP contribution in [0.4, 0.5) is 0 Å². The van der Waals surface area contributed by atoms with E-state index in [0.717, 1.165) is 15.7 Å². The number of fused-ring (bicyclic) bond motifs is 1. The number of carbonyl (C=O) groups is 1. The SMILES string of the molecule is Cc1cccc(Cn2c(=O)n(CCC(=O)NCc3ccco3)c(=O)c3ccccc32)c1. The number of aryl methyl sites for hydroxylation is 1. The fourth-order valence-electron chi connectivity index (χ4n) is 3.61. The van der Waals surface area contributed by atoms with Crippen molar-refractivity contribution in [3.05, 3.63) is 105 Å². The van der Waals surface area contributed by atoms with Gasteiger partial charge in [0.25, 0.3) is 5.56 Å². The number of nitrogens with one attached hydrogen (secondary N) is 1. The van der Waals surface area contributed by atoms with Crippen LogP contribution in [0, 0.1) is 6.92 Å². The Balaban J connectivity index is 1.63. The molecule has 0 radical (unpaired) electrons. The number of nitrogens with zero attached hydrogens (tertiary/aromatic N) is 2. The molecule has 0 atom stereocenters. The Labute approximate surface area is 178 Å². The summed E-state index contributed by atoms with van der Waals surface area (Å²) in [6, 6.07) is 18.5. The van der Waals surface area contributed by atoms with Crippen molar-refractivity contribution >= 4 is 16.8 Å². The van der Waals surface area contributed by atoms with Crippen molar-refractivity contribution < 1.29 is 9.21 Å². The average molecular weight is 417 g/mol. The summed E-state index contributed by atoms with van der Waals surface area (Å²) in [4.78, 5) is 38.4. The van der Waals surface area contributed by atoms with Crippen LogP contribution in [-0.2, 0) is 24.4 Å². The summed E-state index contributed by atoms with van der Waals surface area (Å²) in [7, 11) is 0. The molecule has 0 aliphatic heterocycles. The fourth-order valence-corrected chi connectivity index (χ4v) is 3.61. The van der Waals surface area contributed by atoms with E-state index in [9.17, 15) is 14.4 Å². The van der Waals surface area contributed by atoms with Crippen molar-refractivity contribution in [2.45, 2.75) is 33.0 Å². The molecule has 31 heavy (non-hydrogen) atoms. The van der Waals surface area contributed by atoms with Gasteiger partial charge in [0.2, 0.25) is 5.91 Å². The number of furan rings is 1. The van der Waals surface area contributed by atoms with Crippen molar-refractivity contribution in [2.24, 2.45) is 0 Å². The Morgan fingerprint density at radius 2 is 1.84 bits per heavy atom. The molecular formula is C24H23N3O4. The van der Waals surface area contributed by atoms with E-state index in [1.807, 2.05) is 31.2 Å². The Morgan fingerprint density at radius 3 is 2.61 bits per heavy atom. The topological polar surface area (TPSA) is 86.2 Å². The molecule has 1 amide bonds. The van der Waals surface area contributed by atoms with Gasteiger partial charge in [-0.1, -0.05) is 42.0 Å². The first-order valence-electron chi connectivity index (χ1n) is 10.1. The third-order valence-electron chi connectivity index (χ3n) is 5.16. The van der Waals surface area contributed by atoms with Gasteiger partial charge in [-0.25, -0.2) is 4.79 Å². The highest BCUT2D eigenvalue weighted by molar-refractivity contribution is 5.78. The van der Waals surface area contributed by atoms with Gasteiger partial charge in [0.05, 0.1) is 30.3 Å². The zero-order valence-electron chi connectivity index (χ0n) is 17.2. The number of rotatable bonds is 7. The van der Waals surface area contributed by atoms with Crippen LogP contribution in [-0.4, -0.2) is 15.0 Å². The lowest BCUT2D eigenvalue weighted by Crippen LogP contribution is -2.41. The summed E-state index contributed by atoms with van der Waals surface area (Å²) in [5, 5.41) is 3.18. The minimum Gasteiger partial charge on any atom is -0.467 e. The maximum absolute atomic E-state index is 13.2. The summed E-state index contributed by atoms with van der Waals surface area (Å²) in [6.07, 6.45) is 1.55. The number of benzene rings is 2. The van der Waals surface area contributed by atoms with Crippen LogP contribution < -0.4 is 16.6 Å². The van der Waals surface area contributed by atoms with E-state index in [-0.39, 0.29) is 31.0 Å². The van der Waals surface area contributed by atoms with Crippen LogP contribution in [0.25, 0.3) is 10.9 Å². The van der Waals surface area contributed by atoms with Gasteiger partial charge in [0.15, 0.2) is 0 Å². The zero-order valence-corrected chi connectivity index (χ0v) is 17.2. The highest BCUT2D eigenvalue weighted by atomic mass is 16.3. The molecule has 4 rings (SSSR count). The zero-order chi connectivity index (χ0) is 21.8. The molecule has 2 aromatic heterocycles. The van der Waals surface area contributed by atoms with Crippen LogP contribution >= 0.6 is 0 Å². The Kier molecular flexibility index (Phi) is 5.84. The molecule has 158 valence electrons. The van der Waals surface area contributed by atoms with Crippen LogP contribution in [0.1, 0.15) is 23.3 Å². The standard InChI is InChI=1S/C24H23N3O4/c1-17-6-4-7-18(14-17)16-27-21-10-3-2-9-20(21)23(29)26(24(27)30)12-11-22(28)25-15-19-8-5-13-31-19/h2-10,13-14H,11-12,15-16H2,1H3,(H,25,28). The second-order valence-electron chi connectivity index (χ2n) is 7.44. The number of aromatic nitrogens is 2. The van der Waals surface area contributed by atoms with E-state index in [1.165, 1.54) is 6.26 Å². The monoisotopic (exact) mass is 417 g/mol. The largest absolute Gasteiger partial charge is 0.467 e. The first-order valence-corrected chi connectivity index (χ1v) is 10.1. The molecule has 2 heterocycles. The molecule has 0 aliphatic carbocycles. The lowest BCUT2D eigenvalue weighted by Gasteiger charge is -2.14. The summed E-state index contributed by atoms with van der Waals surface area (Å²) in [5.74, 6) is 0.373. The van der Waals surface area contributed by atoms with Gasteiger partial charge in [0, 0.05) is 13.0 Å². The van der Waals surface area contributed by atoms with Crippen LogP contribution in [0.15, 0.2) is 80.9 Å². The second-order valence-corrected chi connectivity index (χ2v) is 7.44. The van der Waals surface area contributed by atoms with Gasteiger partial charge < -0.3 is 9.73 Å². The predicted octanol–water partition coefficient (Wildman–Crippen LogP) is 2.82. The second kappa shape index (κ2) is 8.87. The fraction of sp³-hybridized carbons (Fsp3) is 0.208. The maximum Gasteiger partial charge on any atom is 0.331 e. The van der Waals surface area contributed by atoms with E-state index in [0.29, 0.717) is 23.2 Å². The quantitative estimate of drug-likeness (QED) is 0.501. The summed E-state index contributed by atoms with van der Waals surface area (Å²) < 4.78 is 7.92. The van der Waals surface area contributed by atoms with E-state index in [2.05, 4.69) is 5.32 Å². The summed E-state index contributed by atoms with van der Waals surface area (Å²) in [5.41, 5.74) is 1.83. The van der Waals surface area contributed by atoms with Gasteiger partial charge in [-0.05, 0) is 36.8 Å². The van der Waals surface area contributed by atoms with Crippen molar-refractivity contribution in [3.63, 3.8) is 0 Å². The van der Waals surface area contributed by atoms with E-state index < -0.39 is 5.69 Å². The number of hydrogen-bond donors (Lipinski definition) is 1. The Bertz CT molecular complexity index is 1330. The Hall–Kier alpha value is -3.87. The average Bonchev–Trinajstić information content (AvgIpc) is 3.29. The predicted molar refractivity (Wildman–Crippen MR) is 118 cm³/mol. The molecule has 1 N–H and O–H groups in total. The van der Waals surface area contributed by atoms with Crippen molar-refractivity contribution in [2.75, 3.05) is 0 Å². The number of hydrogen-bond acceptors (Lipinski definition) is 4. The molecule has 7 heteroatoms. The van der Waals surface area contributed by atoms with Gasteiger partial charge >= 0.3 is 5.69 Å². The molecule has 7 nitrogen and oxygen atoms in total. The number of carbonyl (C=O) groups excluding carboxylic acids is 1. The lowest BCUT2D eigenvalue weighted by atomic mass is 10.1. The van der Waals surface area contributed by atoms with Gasteiger partial charge in [-0.15, -0.1) is 0 Å². The van der Waals surface area contributed by atoms with Gasteiger partial charge in [-0.2, -0.15) is 0 Å². The molecule has 0 aliphatic rings. The van der Waals surface area contributed by atoms with E-state index in [4.69, 9.17) is 4.42 Å². The van der Waals surface area contributed by atoms with Gasteiger partial charge in [0.1, 0.15) is 5.76 Å². The minimum atomic E-state index is -0.427. The molecular weight excluding hydrogens is 394 g/mol. The molecule has 0 saturated heterocycles. The highest BCUT2D eigenvalue weighted by Gasteiger charge is 2.14. The van der Waals surface area contributed by atoms with Crippen LogP contribution in [0.2, 0.25) is 0 Å².